The molecule has 3 heteroatoms. The monoisotopic (exact) mass is 256 g/mol. The van der Waals surface area contributed by atoms with Crippen molar-refractivity contribution < 1.29 is 9.53 Å². The summed E-state index contributed by atoms with van der Waals surface area (Å²) in [6, 6.07) is 9.29. The van der Waals surface area contributed by atoms with Gasteiger partial charge in [0.15, 0.2) is 5.78 Å². The summed E-state index contributed by atoms with van der Waals surface area (Å²) in [4.78, 5) is 11.5. The summed E-state index contributed by atoms with van der Waals surface area (Å²) in [7, 11) is 0. The van der Waals surface area contributed by atoms with E-state index in [-0.39, 0.29) is 5.78 Å². The second kappa shape index (κ2) is 6.74. The third-order valence-corrected chi connectivity index (χ3v) is 2.11. The number of rotatable bonds is 6. The number of Topliss-reactive ketones (excluding diaryl/α,β-unsaturated/α-hetero) is 1. The highest BCUT2D eigenvalue weighted by atomic mass is 79.9. The summed E-state index contributed by atoms with van der Waals surface area (Å²) in [5.41, 5.74) is 0.759. The van der Waals surface area contributed by atoms with E-state index in [1.807, 2.05) is 30.3 Å². The number of hydrogen-bond donors (Lipinski definition) is 0. The van der Waals surface area contributed by atoms with Crippen molar-refractivity contribution in [1.82, 2.24) is 0 Å². The van der Waals surface area contributed by atoms with Gasteiger partial charge in [-0.3, -0.25) is 4.79 Å². The molecule has 0 aliphatic heterocycles. The summed E-state index contributed by atoms with van der Waals surface area (Å²) in [5.74, 6) is 0.139. The van der Waals surface area contributed by atoms with Gasteiger partial charge in [-0.2, -0.15) is 0 Å². The minimum atomic E-state index is 0.139. The number of ketones is 1. The van der Waals surface area contributed by atoms with Gasteiger partial charge in [0.1, 0.15) is 0 Å². The molecular formula is C11H13BrO2. The van der Waals surface area contributed by atoms with Crippen LogP contribution in [0, 0.1) is 0 Å². The number of carbonyl (C=O) groups is 1. The molecule has 14 heavy (non-hydrogen) atoms. The highest BCUT2D eigenvalue weighted by Gasteiger charge is 2.03. The Morgan fingerprint density at radius 1 is 1.21 bits per heavy atom. The maximum atomic E-state index is 11.5. The number of hydrogen-bond acceptors (Lipinski definition) is 2. The van der Waals surface area contributed by atoms with Gasteiger partial charge in [-0.15, -0.1) is 0 Å². The highest BCUT2D eigenvalue weighted by Crippen LogP contribution is 2.02. The predicted molar refractivity (Wildman–Crippen MR) is 60.0 cm³/mol. The molecule has 0 aromatic heterocycles. The molecule has 0 bridgehead atoms. The largest absolute Gasteiger partial charge is 0.380 e. The molecule has 0 atom stereocenters. The minimum Gasteiger partial charge on any atom is -0.380 e. The van der Waals surface area contributed by atoms with Gasteiger partial charge in [0.25, 0.3) is 0 Å². The molecule has 0 spiro atoms. The van der Waals surface area contributed by atoms with Gasteiger partial charge >= 0.3 is 0 Å². The van der Waals surface area contributed by atoms with E-state index in [1.165, 1.54) is 0 Å². The fourth-order valence-corrected chi connectivity index (χ4v) is 1.32. The average molecular weight is 257 g/mol. The van der Waals surface area contributed by atoms with Crippen molar-refractivity contribution in [2.24, 2.45) is 0 Å². The topological polar surface area (TPSA) is 26.3 Å². The molecule has 76 valence electrons. The quantitative estimate of drug-likeness (QED) is 0.445. The number of carbonyl (C=O) groups excluding carboxylic acids is 1. The number of halogens is 1. The standard InChI is InChI=1S/C11H13BrO2/c12-7-9-14-8-6-11(13)10-4-2-1-3-5-10/h1-5H,6-9H2. The highest BCUT2D eigenvalue weighted by molar-refractivity contribution is 9.09. The molecule has 0 amide bonds. The van der Waals surface area contributed by atoms with E-state index in [2.05, 4.69) is 15.9 Å². The molecule has 1 rings (SSSR count). The van der Waals surface area contributed by atoms with Crippen LogP contribution in [0.5, 0.6) is 0 Å². The molecule has 2 nitrogen and oxygen atoms in total. The van der Waals surface area contributed by atoms with Crippen molar-refractivity contribution in [3.8, 4) is 0 Å². The molecule has 0 aliphatic carbocycles. The van der Waals surface area contributed by atoms with E-state index in [0.717, 1.165) is 10.9 Å². The zero-order valence-corrected chi connectivity index (χ0v) is 9.50. The molecular weight excluding hydrogens is 244 g/mol. The summed E-state index contributed by atoms with van der Waals surface area (Å²) < 4.78 is 5.21. The molecule has 1 aromatic carbocycles. The van der Waals surface area contributed by atoms with Crippen LogP contribution in [0.3, 0.4) is 0 Å². The molecule has 0 aliphatic rings. The van der Waals surface area contributed by atoms with Crippen molar-refractivity contribution in [2.45, 2.75) is 6.42 Å². The molecule has 0 saturated heterocycles. The van der Waals surface area contributed by atoms with Crippen LogP contribution in [0.2, 0.25) is 0 Å². The Morgan fingerprint density at radius 2 is 1.93 bits per heavy atom. The summed E-state index contributed by atoms with van der Waals surface area (Å²) >= 11 is 3.25. The van der Waals surface area contributed by atoms with Crippen LogP contribution in [0.4, 0.5) is 0 Å². The maximum absolute atomic E-state index is 11.5. The summed E-state index contributed by atoms with van der Waals surface area (Å²) in [6.45, 7) is 1.15. The van der Waals surface area contributed by atoms with Crippen molar-refractivity contribution >= 4 is 21.7 Å². The van der Waals surface area contributed by atoms with Crippen molar-refractivity contribution in [2.75, 3.05) is 18.5 Å². The first-order valence-electron chi connectivity index (χ1n) is 4.56. The van der Waals surface area contributed by atoms with Crippen LogP contribution in [0.25, 0.3) is 0 Å². The van der Waals surface area contributed by atoms with Crippen molar-refractivity contribution in [3.05, 3.63) is 35.9 Å². The third kappa shape index (κ3) is 4.03. The lowest BCUT2D eigenvalue weighted by Gasteiger charge is -2.01. The van der Waals surface area contributed by atoms with E-state index in [1.54, 1.807) is 0 Å². The zero-order valence-electron chi connectivity index (χ0n) is 7.91. The van der Waals surface area contributed by atoms with Gasteiger partial charge in [-0.1, -0.05) is 46.3 Å². The second-order valence-corrected chi connectivity index (χ2v) is 3.63. The smallest absolute Gasteiger partial charge is 0.165 e. The Bertz CT molecular complexity index is 272. The Hall–Kier alpha value is -0.670. The van der Waals surface area contributed by atoms with Crippen LogP contribution < -0.4 is 0 Å². The Balaban J connectivity index is 2.29. The minimum absolute atomic E-state index is 0.139. The van der Waals surface area contributed by atoms with Crippen LogP contribution in [-0.4, -0.2) is 24.3 Å². The Labute approximate surface area is 92.4 Å². The van der Waals surface area contributed by atoms with E-state index in [9.17, 15) is 4.79 Å². The Kier molecular flexibility index (Phi) is 5.49. The number of ether oxygens (including phenoxy) is 1. The molecule has 0 saturated carbocycles. The van der Waals surface area contributed by atoms with Gasteiger partial charge < -0.3 is 4.74 Å². The molecule has 0 fully saturated rings. The van der Waals surface area contributed by atoms with Crippen LogP contribution in [-0.2, 0) is 4.74 Å². The normalized spacial score (nSPS) is 10.1. The van der Waals surface area contributed by atoms with Gasteiger partial charge in [0.2, 0.25) is 0 Å². The molecule has 0 unspecified atom stereocenters. The first-order chi connectivity index (χ1) is 6.84. The van der Waals surface area contributed by atoms with Crippen LogP contribution in [0.1, 0.15) is 16.8 Å². The summed E-state index contributed by atoms with van der Waals surface area (Å²) in [6.07, 6.45) is 0.455. The van der Waals surface area contributed by atoms with Gasteiger partial charge in [0.05, 0.1) is 13.2 Å². The first kappa shape index (κ1) is 11.4. The fraction of sp³-hybridized carbons (Fsp3) is 0.364. The zero-order chi connectivity index (χ0) is 10.2. The van der Waals surface area contributed by atoms with E-state index >= 15 is 0 Å². The Morgan fingerprint density at radius 3 is 2.57 bits per heavy atom. The molecule has 0 radical (unpaired) electrons. The lowest BCUT2D eigenvalue weighted by Crippen LogP contribution is -2.05. The summed E-state index contributed by atoms with van der Waals surface area (Å²) in [5, 5.41) is 0.812. The average Bonchev–Trinajstić information content (AvgIpc) is 2.25. The van der Waals surface area contributed by atoms with Crippen LogP contribution >= 0.6 is 15.9 Å². The third-order valence-electron chi connectivity index (χ3n) is 1.79. The van der Waals surface area contributed by atoms with Gasteiger partial charge in [0, 0.05) is 17.3 Å². The van der Waals surface area contributed by atoms with Crippen molar-refractivity contribution in [1.29, 1.82) is 0 Å². The second-order valence-electron chi connectivity index (χ2n) is 2.84. The fourth-order valence-electron chi connectivity index (χ4n) is 1.09. The molecule has 0 heterocycles. The number of alkyl halides is 1. The SMILES string of the molecule is O=C(CCOCCBr)c1ccccc1. The van der Waals surface area contributed by atoms with Crippen molar-refractivity contribution in [3.63, 3.8) is 0 Å². The number of benzene rings is 1. The lowest BCUT2D eigenvalue weighted by molar-refractivity contribution is 0.0899. The molecule has 0 N–H and O–H groups in total. The van der Waals surface area contributed by atoms with Gasteiger partial charge in [-0.25, -0.2) is 0 Å². The van der Waals surface area contributed by atoms with Crippen LogP contribution in [0.15, 0.2) is 30.3 Å². The maximum Gasteiger partial charge on any atom is 0.165 e. The van der Waals surface area contributed by atoms with E-state index in [0.29, 0.717) is 19.6 Å². The predicted octanol–water partition coefficient (Wildman–Crippen LogP) is 2.67. The molecule has 1 aromatic rings. The van der Waals surface area contributed by atoms with E-state index < -0.39 is 0 Å². The lowest BCUT2D eigenvalue weighted by atomic mass is 10.1. The first-order valence-corrected chi connectivity index (χ1v) is 5.68. The van der Waals surface area contributed by atoms with E-state index in [4.69, 9.17) is 4.74 Å². The van der Waals surface area contributed by atoms with Gasteiger partial charge in [-0.05, 0) is 0 Å².